The van der Waals surface area contributed by atoms with Crippen molar-refractivity contribution in [1.29, 1.82) is 5.26 Å². The Labute approximate surface area is 119 Å². The predicted molar refractivity (Wildman–Crippen MR) is 71.5 cm³/mol. The van der Waals surface area contributed by atoms with Gasteiger partial charge in [-0.15, -0.1) is 0 Å². The summed E-state index contributed by atoms with van der Waals surface area (Å²) in [6, 6.07) is 1.99. The van der Waals surface area contributed by atoms with Crippen LogP contribution in [0.4, 0.5) is 0 Å². The molecule has 0 N–H and O–H groups in total. The minimum Gasteiger partial charge on any atom is -0.465 e. The van der Waals surface area contributed by atoms with Gasteiger partial charge in [-0.05, 0) is 12.3 Å². The van der Waals surface area contributed by atoms with Crippen LogP contribution in [0.1, 0.15) is 27.7 Å². The Balaban J connectivity index is 2.88. The van der Waals surface area contributed by atoms with E-state index in [0.29, 0.717) is 13.2 Å². The van der Waals surface area contributed by atoms with Crippen LogP contribution in [0, 0.1) is 22.7 Å². The number of nitrogens with zero attached hydrogens (tertiary/aromatic N) is 2. The van der Waals surface area contributed by atoms with Crippen LogP contribution in [0.25, 0.3) is 0 Å². The molecular formula is C14H22N2O4. The highest BCUT2D eigenvalue weighted by molar-refractivity contribution is 5.98. The molecule has 1 fully saturated rings. The third-order valence-electron chi connectivity index (χ3n) is 3.16. The standard InChI is InChI=1S/C14H22N2O4/c1-5-19-13(18)11(14(2,3)4)12(17)16-6-7-20-10(8-15)9-16/h10-11H,5-7,9H2,1-4H3. The van der Waals surface area contributed by atoms with E-state index in [9.17, 15) is 9.59 Å². The summed E-state index contributed by atoms with van der Waals surface area (Å²) in [7, 11) is 0. The molecule has 0 radical (unpaired) electrons. The van der Waals surface area contributed by atoms with Crippen LogP contribution in [0.2, 0.25) is 0 Å². The smallest absolute Gasteiger partial charge is 0.319 e. The van der Waals surface area contributed by atoms with Gasteiger partial charge in [0.1, 0.15) is 5.92 Å². The van der Waals surface area contributed by atoms with Crippen LogP contribution in [0.5, 0.6) is 0 Å². The maximum absolute atomic E-state index is 12.6. The molecule has 0 bridgehead atoms. The Hall–Kier alpha value is -1.61. The molecule has 112 valence electrons. The Bertz CT molecular complexity index is 408. The molecule has 6 heteroatoms. The highest BCUT2D eigenvalue weighted by Crippen LogP contribution is 2.29. The minimum absolute atomic E-state index is 0.196. The van der Waals surface area contributed by atoms with E-state index in [4.69, 9.17) is 14.7 Å². The van der Waals surface area contributed by atoms with Crippen LogP contribution < -0.4 is 0 Å². The fraction of sp³-hybridized carbons (Fsp3) is 0.786. The zero-order chi connectivity index (χ0) is 15.3. The normalized spacial score (nSPS) is 20.9. The highest BCUT2D eigenvalue weighted by Gasteiger charge is 2.42. The van der Waals surface area contributed by atoms with Gasteiger partial charge in [0.15, 0.2) is 6.10 Å². The second-order valence-electron chi connectivity index (χ2n) is 5.82. The first kappa shape index (κ1) is 16.4. The molecule has 0 aromatic heterocycles. The third-order valence-corrected chi connectivity index (χ3v) is 3.16. The van der Waals surface area contributed by atoms with Crippen molar-refractivity contribution >= 4 is 11.9 Å². The van der Waals surface area contributed by atoms with E-state index in [2.05, 4.69) is 0 Å². The number of esters is 1. The second-order valence-corrected chi connectivity index (χ2v) is 5.82. The average Bonchev–Trinajstić information content (AvgIpc) is 2.37. The van der Waals surface area contributed by atoms with Crippen molar-refractivity contribution in [2.45, 2.75) is 33.8 Å². The monoisotopic (exact) mass is 282 g/mol. The van der Waals surface area contributed by atoms with Crippen molar-refractivity contribution in [3.05, 3.63) is 0 Å². The fourth-order valence-electron chi connectivity index (χ4n) is 2.16. The second kappa shape index (κ2) is 6.71. The molecule has 20 heavy (non-hydrogen) atoms. The topological polar surface area (TPSA) is 79.6 Å². The zero-order valence-electron chi connectivity index (χ0n) is 12.5. The number of amides is 1. The van der Waals surface area contributed by atoms with Gasteiger partial charge in [0, 0.05) is 6.54 Å². The van der Waals surface area contributed by atoms with Gasteiger partial charge in [-0.3, -0.25) is 9.59 Å². The molecule has 1 aliphatic rings. The first-order valence-corrected chi connectivity index (χ1v) is 6.78. The number of ether oxygens (including phenoxy) is 2. The van der Waals surface area contributed by atoms with E-state index < -0.39 is 23.4 Å². The van der Waals surface area contributed by atoms with Crippen molar-refractivity contribution < 1.29 is 19.1 Å². The summed E-state index contributed by atoms with van der Waals surface area (Å²) in [6.45, 7) is 8.33. The lowest BCUT2D eigenvalue weighted by Gasteiger charge is -2.35. The Morgan fingerprint density at radius 1 is 1.50 bits per heavy atom. The van der Waals surface area contributed by atoms with Crippen LogP contribution in [-0.4, -0.2) is 49.2 Å². The molecule has 6 nitrogen and oxygen atoms in total. The average molecular weight is 282 g/mol. The third kappa shape index (κ3) is 3.94. The lowest BCUT2D eigenvalue weighted by atomic mass is 9.79. The Morgan fingerprint density at radius 3 is 2.65 bits per heavy atom. The number of morpholine rings is 1. The predicted octanol–water partition coefficient (Wildman–Crippen LogP) is 0.963. The highest BCUT2D eigenvalue weighted by atomic mass is 16.5. The quantitative estimate of drug-likeness (QED) is 0.569. The minimum atomic E-state index is -0.861. The van der Waals surface area contributed by atoms with E-state index in [1.165, 1.54) is 4.90 Å². The van der Waals surface area contributed by atoms with E-state index >= 15 is 0 Å². The van der Waals surface area contributed by atoms with Crippen molar-refractivity contribution in [3.63, 3.8) is 0 Å². The molecule has 0 aliphatic carbocycles. The summed E-state index contributed by atoms with van der Waals surface area (Å²) in [5.74, 6) is -1.66. The number of nitriles is 1. The van der Waals surface area contributed by atoms with Crippen LogP contribution in [0.15, 0.2) is 0 Å². The van der Waals surface area contributed by atoms with E-state index in [1.807, 2.05) is 26.8 Å². The number of carbonyl (C=O) groups excluding carboxylic acids is 2. The molecule has 1 saturated heterocycles. The van der Waals surface area contributed by atoms with E-state index in [0.717, 1.165) is 0 Å². The molecule has 0 saturated carbocycles. The number of hydrogen-bond acceptors (Lipinski definition) is 5. The summed E-state index contributed by atoms with van der Waals surface area (Å²) < 4.78 is 10.2. The van der Waals surface area contributed by atoms with E-state index in [1.54, 1.807) is 6.92 Å². The van der Waals surface area contributed by atoms with Gasteiger partial charge < -0.3 is 14.4 Å². The molecule has 1 aliphatic heterocycles. The maximum atomic E-state index is 12.6. The number of hydrogen-bond donors (Lipinski definition) is 0. The van der Waals surface area contributed by atoms with Crippen LogP contribution in [0.3, 0.4) is 0 Å². The molecule has 2 atom stereocenters. The lowest BCUT2D eigenvalue weighted by Crippen LogP contribution is -2.51. The summed E-state index contributed by atoms with van der Waals surface area (Å²) in [5, 5.41) is 8.88. The van der Waals surface area contributed by atoms with Gasteiger partial charge in [-0.2, -0.15) is 5.26 Å². The summed E-state index contributed by atoms with van der Waals surface area (Å²) in [5.41, 5.74) is -0.538. The van der Waals surface area contributed by atoms with Crippen molar-refractivity contribution in [1.82, 2.24) is 4.90 Å². The molecule has 0 spiro atoms. The van der Waals surface area contributed by atoms with Gasteiger partial charge >= 0.3 is 5.97 Å². The molecule has 0 aromatic rings. The Morgan fingerprint density at radius 2 is 2.15 bits per heavy atom. The summed E-state index contributed by atoms with van der Waals surface area (Å²) >= 11 is 0. The SMILES string of the molecule is CCOC(=O)C(C(=O)N1CCOC(C#N)C1)C(C)(C)C. The Kier molecular flexibility index (Phi) is 5.52. The van der Waals surface area contributed by atoms with Crippen molar-refractivity contribution in [2.75, 3.05) is 26.3 Å². The van der Waals surface area contributed by atoms with Gasteiger partial charge in [0.25, 0.3) is 0 Å². The lowest BCUT2D eigenvalue weighted by molar-refractivity contribution is -0.162. The molecule has 0 aromatic carbocycles. The van der Waals surface area contributed by atoms with Crippen molar-refractivity contribution in [2.24, 2.45) is 11.3 Å². The van der Waals surface area contributed by atoms with Gasteiger partial charge in [0.05, 0.1) is 25.8 Å². The molecule has 1 heterocycles. The molecular weight excluding hydrogens is 260 g/mol. The first-order chi connectivity index (χ1) is 9.31. The van der Waals surface area contributed by atoms with Crippen LogP contribution in [-0.2, 0) is 19.1 Å². The number of carbonyl (C=O) groups is 2. The maximum Gasteiger partial charge on any atom is 0.319 e. The van der Waals surface area contributed by atoms with Gasteiger partial charge in [-0.1, -0.05) is 20.8 Å². The van der Waals surface area contributed by atoms with Gasteiger partial charge in [-0.25, -0.2) is 0 Å². The van der Waals surface area contributed by atoms with Gasteiger partial charge in [0.2, 0.25) is 5.91 Å². The molecule has 2 unspecified atom stereocenters. The fourth-order valence-corrected chi connectivity index (χ4v) is 2.16. The van der Waals surface area contributed by atoms with Crippen molar-refractivity contribution in [3.8, 4) is 6.07 Å². The van der Waals surface area contributed by atoms with E-state index in [-0.39, 0.29) is 19.1 Å². The largest absolute Gasteiger partial charge is 0.465 e. The summed E-state index contributed by atoms with van der Waals surface area (Å²) in [4.78, 5) is 26.2. The molecule has 1 rings (SSSR count). The molecule has 1 amide bonds. The first-order valence-electron chi connectivity index (χ1n) is 6.78. The van der Waals surface area contributed by atoms with Crippen LogP contribution >= 0.6 is 0 Å². The number of rotatable bonds is 3. The zero-order valence-corrected chi connectivity index (χ0v) is 12.5. The summed E-state index contributed by atoms with van der Waals surface area (Å²) in [6.07, 6.45) is -0.629.